The van der Waals surface area contributed by atoms with Gasteiger partial charge < -0.3 is 5.73 Å². The van der Waals surface area contributed by atoms with E-state index in [1.54, 1.807) is 0 Å². The molecule has 3 rings (SSSR count). The van der Waals surface area contributed by atoms with Gasteiger partial charge in [-0.3, -0.25) is 4.90 Å². The molecule has 19 heavy (non-hydrogen) atoms. The number of rotatable bonds is 4. The average Bonchev–Trinajstić information content (AvgIpc) is 2.42. The molecule has 1 aromatic carbocycles. The first kappa shape index (κ1) is 13.1. The third-order valence-corrected chi connectivity index (χ3v) is 5.38. The minimum Gasteiger partial charge on any atom is -0.328 e. The maximum Gasteiger partial charge on any atom is 0.0584 e. The van der Waals surface area contributed by atoms with Crippen molar-refractivity contribution in [3.63, 3.8) is 0 Å². The monoisotopic (exact) mass is 258 g/mol. The summed E-state index contributed by atoms with van der Waals surface area (Å²) < 4.78 is 0. The highest BCUT2D eigenvalue weighted by Crippen LogP contribution is 2.40. The summed E-state index contributed by atoms with van der Waals surface area (Å²) in [4.78, 5) is 2.56. The number of hydrogen-bond acceptors (Lipinski definition) is 2. The second kappa shape index (κ2) is 5.26. The normalized spacial score (nSPS) is 27.1. The first-order valence-electron chi connectivity index (χ1n) is 7.76. The lowest BCUT2D eigenvalue weighted by atomic mass is 9.74. The van der Waals surface area contributed by atoms with Gasteiger partial charge in [-0.15, -0.1) is 0 Å². The summed E-state index contributed by atoms with van der Waals surface area (Å²) in [7, 11) is 2.28. The Morgan fingerprint density at radius 1 is 1.26 bits per heavy atom. The molecular weight excluding hydrogens is 232 g/mol. The van der Waals surface area contributed by atoms with E-state index in [-0.39, 0.29) is 5.54 Å². The number of hydrogen-bond donors (Lipinski definition) is 1. The molecular formula is C17H26N2. The van der Waals surface area contributed by atoms with E-state index < -0.39 is 0 Å². The van der Waals surface area contributed by atoms with Gasteiger partial charge in [-0.1, -0.05) is 30.7 Å². The Kier molecular flexibility index (Phi) is 3.64. The summed E-state index contributed by atoms with van der Waals surface area (Å²) in [6.45, 7) is 1.96. The summed E-state index contributed by atoms with van der Waals surface area (Å²) in [6.07, 6.45) is 7.94. The summed E-state index contributed by atoms with van der Waals surface area (Å²) in [6, 6.07) is 8.93. The molecule has 1 atom stereocenters. The van der Waals surface area contributed by atoms with Crippen molar-refractivity contribution in [1.29, 1.82) is 0 Å². The van der Waals surface area contributed by atoms with Gasteiger partial charge in [-0.25, -0.2) is 0 Å². The van der Waals surface area contributed by atoms with Gasteiger partial charge in [0.2, 0.25) is 0 Å². The van der Waals surface area contributed by atoms with Gasteiger partial charge in [-0.05, 0) is 56.2 Å². The van der Waals surface area contributed by atoms with Crippen molar-refractivity contribution in [1.82, 2.24) is 4.90 Å². The lowest BCUT2D eigenvalue weighted by Gasteiger charge is -2.47. The van der Waals surface area contributed by atoms with Crippen LogP contribution in [0.25, 0.3) is 0 Å². The molecule has 1 saturated carbocycles. The summed E-state index contributed by atoms with van der Waals surface area (Å²) in [5, 5.41) is 0. The fraction of sp³-hybridized carbons (Fsp3) is 0.647. The molecule has 2 aliphatic carbocycles. The van der Waals surface area contributed by atoms with Gasteiger partial charge in [0.1, 0.15) is 0 Å². The van der Waals surface area contributed by atoms with E-state index in [1.807, 2.05) is 0 Å². The van der Waals surface area contributed by atoms with Crippen LogP contribution in [0.1, 0.15) is 43.2 Å². The average molecular weight is 258 g/mol. The molecule has 0 spiro atoms. The Morgan fingerprint density at radius 3 is 2.74 bits per heavy atom. The van der Waals surface area contributed by atoms with Crippen LogP contribution in [0.5, 0.6) is 0 Å². The SMILES string of the molecule is CN(CC1CCC1)C1(CN)CCCc2ccccc21. The van der Waals surface area contributed by atoms with Crippen molar-refractivity contribution in [3.8, 4) is 0 Å². The molecule has 0 heterocycles. The molecule has 0 saturated heterocycles. The molecule has 104 valence electrons. The summed E-state index contributed by atoms with van der Waals surface area (Å²) in [5.74, 6) is 0.905. The third kappa shape index (κ3) is 2.21. The highest BCUT2D eigenvalue weighted by molar-refractivity contribution is 5.36. The molecule has 0 aliphatic heterocycles. The molecule has 1 fully saturated rings. The van der Waals surface area contributed by atoms with Gasteiger partial charge in [0.25, 0.3) is 0 Å². The maximum atomic E-state index is 6.25. The lowest BCUT2D eigenvalue weighted by molar-refractivity contribution is 0.0680. The van der Waals surface area contributed by atoms with Gasteiger partial charge in [0.05, 0.1) is 5.54 Å². The van der Waals surface area contributed by atoms with Crippen molar-refractivity contribution in [3.05, 3.63) is 35.4 Å². The molecule has 0 bridgehead atoms. The van der Waals surface area contributed by atoms with Crippen molar-refractivity contribution >= 4 is 0 Å². The highest BCUT2D eigenvalue weighted by Gasteiger charge is 2.39. The minimum atomic E-state index is 0.0877. The first-order chi connectivity index (χ1) is 9.26. The number of nitrogens with zero attached hydrogens (tertiary/aromatic N) is 1. The Balaban J connectivity index is 1.89. The predicted octanol–water partition coefficient (Wildman–Crippen LogP) is 2.91. The van der Waals surface area contributed by atoms with Gasteiger partial charge in [0, 0.05) is 13.1 Å². The molecule has 2 heteroatoms. The van der Waals surface area contributed by atoms with Crippen molar-refractivity contribution in [2.24, 2.45) is 11.7 Å². The van der Waals surface area contributed by atoms with E-state index in [0.717, 1.165) is 12.5 Å². The zero-order valence-electron chi connectivity index (χ0n) is 12.1. The quantitative estimate of drug-likeness (QED) is 0.900. The molecule has 0 amide bonds. The lowest BCUT2D eigenvalue weighted by Crippen LogP contribution is -2.53. The number of benzene rings is 1. The van der Waals surface area contributed by atoms with E-state index in [4.69, 9.17) is 5.73 Å². The van der Waals surface area contributed by atoms with E-state index in [9.17, 15) is 0 Å². The minimum absolute atomic E-state index is 0.0877. The topological polar surface area (TPSA) is 29.3 Å². The van der Waals surface area contributed by atoms with Crippen LogP contribution in [0.2, 0.25) is 0 Å². The van der Waals surface area contributed by atoms with E-state index in [2.05, 4.69) is 36.2 Å². The Labute approximate surface area is 117 Å². The van der Waals surface area contributed by atoms with E-state index in [0.29, 0.717) is 0 Å². The van der Waals surface area contributed by atoms with Crippen LogP contribution in [0.3, 0.4) is 0 Å². The number of fused-ring (bicyclic) bond motifs is 1. The van der Waals surface area contributed by atoms with Crippen LogP contribution in [0.4, 0.5) is 0 Å². The Morgan fingerprint density at radius 2 is 2.05 bits per heavy atom. The van der Waals surface area contributed by atoms with Gasteiger partial charge in [0.15, 0.2) is 0 Å². The zero-order chi connectivity index (χ0) is 13.3. The largest absolute Gasteiger partial charge is 0.328 e. The zero-order valence-corrected chi connectivity index (χ0v) is 12.1. The van der Waals surface area contributed by atoms with Crippen LogP contribution < -0.4 is 5.73 Å². The first-order valence-corrected chi connectivity index (χ1v) is 7.76. The van der Waals surface area contributed by atoms with Gasteiger partial charge in [-0.2, -0.15) is 0 Å². The number of likely N-dealkylation sites (N-methyl/N-ethyl adjacent to an activating group) is 1. The molecule has 2 N–H and O–H groups in total. The Bertz CT molecular complexity index is 439. The molecule has 2 nitrogen and oxygen atoms in total. The fourth-order valence-corrected chi connectivity index (χ4v) is 3.90. The standard InChI is InChI=1S/C17H26N2/c1-19(12-14-6-4-7-14)17(13-18)11-5-9-15-8-2-3-10-16(15)17/h2-3,8,10,14H,4-7,9,11-13,18H2,1H3. The summed E-state index contributed by atoms with van der Waals surface area (Å²) in [5.41, 5.74) is 9.34. The van der Waals surface area contributed by atoms with E-state index in [1.165, 1.54) is 56.2 Å². The molecule has 0 radical (unpaired) electrons. The fourth-order valence-electron chi connectivity index (χ4n) is 3.90. The van der Waals surface area contributed by atoms with E-state index >= 15 is 0 Å². The number of nitrogens with two attached hydrogens (primary N) is 1. The van der Waals surface area contributed by atoms with Crippen molar-refractivity contribution in [2.75, 3.05) is 20.1 Å². The van der Waals surface area contributed by atoms with Gasteiger partial charge >= 0.3 is 0 Å². The third-order valence-electron chi connectivity index (χ3n) is 5.38. The van der Waals surface area contributed by atoms with Crippen LogP contribution in [-0.2, 0) is 12.0 Å². The number of aryl methyl sites for hydroxylation is 1. The van der Waals surface area contributed by atoms with Crippen LogP contribution in [0, 0.1) is 5.92 Å². The maximum absolute atomic E-state index is 6.25. The molecule has 0 aromatic heterocycles. The van der Waals surface area contributed by atoms with Crippen LogP contribution in [-0.4, -0.2) is 25.0 Å². The smallest absolute Gasteiger partial charge is 0.0584 e. The van der Waals surface area contributed by atoms with Crippen molar-refractivity contribution < 1.29 is 0 Å². The second-order valence-corrected chi connectivity index (χ2v) is 6.42. The molecule has 2 aliphatic rings. The molecule has 1 unspecified atom stereocenters. The summed E-state index contributed by atoms with van der Waals surface area (Å²) >= 11 is 0. The predicted molar refractivity (Wildman–Crippen MR) is 80.1 cm³/mol. The Hall–Kier alpha value is -0.860. The van der Waals surface area contributed by atoms with Crippen LogP contribution in [0.15, 0.2) is 24.3 Å². The van der Waals surface area contributed by atoms with Crippen molar-refractivity contribution in [2.45, 2.75) is 44.1 Å². The second-order valence-electron chi connectivity index (χ2n) is 6.42. The molecule has 1 aromatic rings. The van der Waals surface area contributed by atoms with Crippen LogP contribution >= 0.6 is 0 Å². The highest BCUT2D eigenvalue weighted by atomic mass is 15.2.